The van der Waals surface area contributed by atoms with E-state index >= 15 is 0 Å². The van der Waals surface area contributed by atoms with Gasteiger partial charge in [0, 0.05) is 46.8 Å². The van der Waals surface area contributed by atoms with Crippen molar-refractivity contribution < 1.29 is 27.4 Å². The number of sulfone groups is 1. The topological polar surface area (TPSA) is 105 Å². The van der Waals surface area contributed by atoms with Crippen LogP contribution in [-0.4, -0.2) is 42.6 Å². The first kappa shape index (κ1) is 30.7. The molecule has 1 unspecified atom stereocenters. The third-order valence-corrected chi connectivity index (χ3v) is 9.10. The Hall–Kier alpha value is -4.34. The first-order valence-corrected chi connectivity index (χ1v) is 16.8. The molecule has 0 radical (unpaired) electrons. The van der Waals surface area contributed by atoms with Gasteiger partial charge in [-0.25, -0.2) is 13.4 Å². The van der Waals surface area contributed by atoms with E-state index in [2.05, 4.69) is 0 Å². The molecule has 1 aliphatic heterocycles. The molecule has 3 aromatic carbocycles. The van der Waals surface area contributed by atoms with Crippen molar-refractivity contribution in [3.05, 3.63) is 89.1 Å². The number of ether oxygens (including phenoxy) is 3. The monoisotopic (exact) mass is 624 g/mol. The summed E-state index contributed by atoms with van der Waals surface area (Å²) in [6, 6.07) is 18.4. The molecule has 3 heterocycles. The van der Waals surface area contributed by atoms with Gasteiger partial charge < -0.3 is 14.2 Å². The summed E-state index contributed by atoms with van der Waals surface area (Å²) in [5.74, 6) is 1.03. The van der Waals surface area contributed by atoms with Crippen LogP contribution in [0.3, 0.4) is 0 Å². The van der Waals surface area contributed by atoms with E-state index in [9.17, 15) is 13.2 Å². The fourth-order valence-electron chi connectivity index (χ4n) is 6.05. The van der Waals surface area contributed by atoms with Crippen molar-refractivity contribution in [1.29, 1.82) is 0 Å². The Morgan fingerprint density at radius 1 is 1.07 bits per heavy atom. The van der Waals surface area contributed by atoms with Crippen molar-refractivity contribution in [3.8, 4) is 22.8 Å². The number of hydrogen-bond donors (Lipinski definition) is 0. The normalized spacial score (nSPS) is 13.9. The van der Waals surface area contributed by atoms with E-state index < -0.39 is 21.5 Å². The molecule has 0 N–H and O–H groups in total. The highest BCUT2D eigenvalue weighted by molar-refractivity contribution is 7.90. The van der Waals surface area contributed by atoms with E-state index in [1.54, 1.807) is 37.3 Å². The Kier molecular flexibility index (Phi) is 7.87. The first-order valence-electron chi connectivity index (χ1n) is 14.9. The summed E-state index contributed by atoms with van der Waals surface area (Å²) in [6.45, 7) is 9.97. The van der Waals surface area contributed by atoms with Crippen LogP contribution in [0.2, 0.25) is 0 Å². The second-order valence-electron chi connectivity index (χ2n) is 12.5. The molecular weight excluding hydrogens is 588 g/mol. The Labute approximate surface area is 263 Å². The maximum Gasteiger partial charge on any atom is 0.214 e. The minimum absolute atomic E-state index is 0.0380. The zero-order valence-corrected chi connectivity index (χ0v) is 27.1. The number of pyridine rings is 2. The summed E-state index contributed by atoms with van der Waals surface area (Å²) in [5.41, 5.74) is 5.85. The molecule has 232 valence electrons. The van der Waals surface area contributed by atoms with E-state index in [-0.39, 0.29) is 17.3 Å². The number of hydrogen-bond acceptors (Lipinski definition) is 8. The molecule has 0 fully saturated rings. The van der Waals surface area contributed by atoms with Crippen molar-refractivity contribution in [2.24, 2.45) is 0 Å². The highest BCUT2D eigenvalue weighted by atomic mass is 32.2. The Bertz CT molecular complexity index is 2070. The molecule has 0 saturated carbocycles. The van der Waals surface area contributed by atoms with Gasteiger partial charge in [0.2, 0.25) is 5.88 Å². The zero-order chi connectivity index (χ0) is 32.1. The van der Waals surface area contributed by atoms with Crippen molar-refractivity contribution in [3.63, 3.8) is 0 Å². The summed E-state index contributed by atoms with van der Waals surface area (Å²) < 4.78 is 43.1. The molecule has 45 heavy (non-hydrogen) atoms. The molecule has 8 nitrogen and oxygen atoms in total. The molecule has 0 spiro atoms. The lowest BCUT2D eigenvalue weighted by Gasteiger charge is -2.30. The van der Waals surface area contributed by atoms with Crippen molar-refractivity contribution in [2.45, 2.75) is 64.2 Å². The van der Waals surface area contributed by atoms with Crippen LogP contribution >= 0.6 is 0 Å². The van der Waals surface area contributed by atoms with E-state index in [0.717, 1.165) is 50.7 Å². The number of carbonyl (C=O) groups excluding carboxylic acids is 1. The molecule has 5 aromatic rings. The molecular formula is C36H36N2O6S. The van der Waals surface area contributed by atoms with Crippen LogP contribution in [0.15, 0.2) is 71.8 Å². The molecule has 0 amide bonds. The summed E-state index contributed by atoms with van der Waals surface area (Å²) in [7, 11) is -3.42. The quantitative estimate of drug-likeness (QED) is 0.180. The van der Waals surface area contributed by atoms with Gasteiger partial charge in [-0.3, -0.25) is 9.78 Å². The van der Waals surface area contributed by atoms with Crippen LogP contribution < -0.4 is 9.47 Å². The van der Waals surface area contributed by atoms with Gasteiger partial charge in [-0.2, -0.15) is 0 Å². The van der Waals surface area contributed by atoms with Crippen LogP contribution in [0.5, 0.6) is 11.6 Å². The third-order valence-electron chi connectivity index (χ3n) is 7.90. The molecule has 0 aliphatic carbocycles. The Balaban J connectivity index is 1.55. The van der Waals surface area contributed by atoms with Gasteiger partial charge in [0.25, 0.3) is 0 Å². The number of Topliss-reactive ketones (excluding diaryl/α,β-unsaturated/α-hetero) is 1. The second-order valence-corrected chi connectivity index (χ2v) is 14.5. The second kappa shape index (κ2) is 11.5. The maximum absolute atomic E-state index is 13.3. The number of aromatic nitrogens is 2. The minimum Gasteiger partial charge on any atom is -0.493 e. The lowest BCUT2D eigenvalue weighted by Crippen LogP contribution is -2.27. The first-order chi connectivity index (χ1) is 21.3. The van der Waals surface area contributed by atoms with Crippen molar-refractivity contribution in [2.75, 3.05) is 12.9 Å². The Morgan fingerprint density at radius 3 is 2.58 bits per heavy atom. The number of aryl methyl sites for hydroxylation is 1. The van der Waals surface area contributed by atoms with Crippen LogP contribution in [0.4, 0.5) is 0 Å². The average Bonchev–Trinajstić information content (AvgIpc) is 2.98. The maximum atomic E-state index is 13.3. The summed E-state index contributed by atoms with van der Waals surface area (Å²) in [4.78, 5) is 23.2. The van der Waals surface area contributed by atoms with Crippen molar-refractivity contribution in [1.82, 2.24) is 9.97 Å². The fourth-order valence-corrected chi connectivity index (χ4v) is 6.98. The largest absolute Gasteiger partial charge is 0.493 e. The van der Waals surface area contributed by atoms with Gasteiger partial charge in [0.1, 0.15) is 18.5 Å². The van der Waals surface area contributed by atoms with Gasteiger partial charge in [-0.15, -0.1) is 0 Å². The molecule has 6 rings (SSSR count). The number of carbonyl (C=O) groups is 1. The predicted octanol–water partition coefficient (Wildman–Crippen LogP) is 7.12. The van der Waals surface area contributed by atoms with Gasteiger partial charge in [0.05, 0.1) is 28.1 Å². The highest BCUT2D eigenvalue weighted by Crippen LogP contribution is 2.45. The number of fused-ring (bicyclic) bond motifs is 1. The Morgan fingerprint density at radius 2 is 1.84 bits per heavy atom. The van der Waals surface area contributed by atoms with E-state index in [0.29, 0.717) is 23.6 Å². The smallest absolute Gasteiger partial charge is 0.214 e. The number of rotatable bonds is 8. The van der Waals surface area contributed by atoms with Crippen molar-refractivity contribution >= 4 is 37.4 Å². The molecule has 1 atom stereocenters. The molecule has 9 heteroatoms. The summed E-state index contributed by atoms with van der Waals surface area (Å²) in [6.07, 6.45) is 2.96. The van der Waals surface area contributed by atoms with Gasteiger partial charge in [-0.05, 0) is 93.3 Å². The van der Waals surface area contributed by atoms with Crippen LogP contribution in [0.1, 0.15) is 56.1 Å². The number of nitrogens with zero attached hydrogens (tertiary/aromatic N) is 2. The minimum atomic E-state index is -3.42. The summed E-state index contributed by atoms with van der Waals surface area (Å²) in [5, 5.41) is 1.78. The predicted molar refractivity (Wildman–Crippen MR) is 175 cm³/mol. The SMILES string of the molecule is CC(=O)C(OC(C)(C)C)c1c(C)cc2nc(OCc3ccccc3S(C)(=O)=O)ccc2c1-c1ccc2c3c(ccnc13)CCO2. The molecule has 2 aromatic heterocycles. The molecule has 1 aliphatic rings. The highest BCUT2D eigenvalue weighted by Gasteiger charge is 2.31. The summed E-state index contributed by atoms with van der Waals surface area (Å²) >= 11 is 0. The van der Waals surface area contributed by atoms with E-state index in [1.807, 2.05) is 64.2 Å². The molecule has 0 bridgehead atoms. The molecule has 0 saturated heterocycles. The lowest BCUT2D eigenvalue weighted by atomic mass is 9.86. The fraction of sp³-hybridized carbons (Fsp3) is 0.306. The number of benzene rings is 3. The van der Waals surface area contributed by atoms with E-state index in [1.165, 1.54) is 11.8 Å². The van der Waals surface area contributed by atoms with Crippen LogP contribution in [0.25, 0.3) is 32.9 Å². The van der Waals surface area contributed by atoms with Gasteiger partial charge in [-0.1, -0.05) is 18.2 Å². The number of ketones is 1. The zero-order valence-electron chi connectivity index (χ0n) is 26.3. The lowest BCUT2D eigenvalue weighted by molar-refractivity contribution is -0.138. The van der Waals surface area contributed by atoms with Gasteiger partial charge in [0.15, 0.2) is 15.6 Å². The van der Waals surface area contributed by atoms with Crippen LogP contribution in [0, 0.1) is 6.92 Å². The third kappa shape index (κ3) is 6.02. The van der Waals surface area contributed by atoms with Gasteiger partial charge >= 0.3 is 0 Å². The van der Waals surface area contributed by atoms with Crippen LogP contribution in [-0.2, 0) is 32.4 Å². The van der Waals surface area contributed by atoms with E-state index in [4.69, 9.17) is 24.2 Å². The average molecular weight is 625 g/mol. The standard InChI is InChI=1S/C36H36N2O6S/c1-21-19-27-25(12-14-30(38-27)43-20-24-9-7-8-10-29(24)45(6,40)41)33(31(21)35(22(2)39)44-36(3,4)5)26-11-13-28-32-23(16-18-42-28)15-17-37-34(26)32/h7-15,17,19,35H,16,18,20H2,1-6H3.